The number of hydrogen-bond acceptors (Lipinski definition) is 5. The van der Waals surface area contributed by atoms with E-state index < -0.39 is 0 Å². The number of anilines is 1. The number of hydrogen-bond donors (Lipinski definition) is 1. The van der Waals surface area contributed by atoms with E-state index >= 15 is 0 Å². The van der Waals surface area contributed by atoms with Gasteiger partial charge in [-0.15, -0.1) is 0 Å². The van der Waals surface area contributed by atoms with E-state index in [-0.39, 0.29) is 5.95 Å². The molecule has 2 rings (SSSR count). The van der Waals surface area contributed by atoms with Crippen LogP contribution < -0.4 is 5.73 Å². The summed E-state index contributed by atoms with van der Waals surface area (Å²) in [5, 5.41) is 0. The van der Waals surface area contributed by atoms with Crippen LogP contribution in [0, 0.1) is 0 Å². The van der Waals surface area contributed by atoms with Gasteiger partial charge >= 0.3 is 0 Å². The Hall–Kier alpha value is -1.91. The minimum absolute atomic E-state index is 0.248. The summed E-state index contributed by atoms with van der Waals surface area (Å²) in [4.78, 5) is 11.4. The Morgan fingerprint density at radius 2 is 1.92 bits per heavy atom. The van der Waals surface area contributed by atoms with Gasteiger partial charge in [0.2, 0.25) is 5.95 Å². The third-order valence-corrected chi connectivity index (χ3v) is 1.39. The molecule has 0 aliphatic heterocycles. The first-order chi connectivity index (χ1) is 5.86. The van der Waals surface area contributed by atoms with Gasteiger partial charge in [0.15, 0.2) is 12.2 Å². The zero-order chi connectivity index (χ0) is 8.39. The van der Waals surface area contributed by atoms with Crippen LogP contribution in [0.3, 0.4) is 0 Å². The van der Waals surface area contributed by atoms with Crippen molar-refractivity contribution < 1.29 is 4.42 Å². The lowest BCUT2D eigenvalue weighted by Crippen LogP contribution is -1.92. The fourth-order valence-corrected chi connectivity index (χ4v) is 0.824. The van der Waals surface area contributed by atoms with Gasteiger partial charge in [-0.2, -0.15) is 0 Å². The van der Waals surface area contributed by atoms with Gasteiger partial charge < -0.3 is 10.2 Å². The zero-order valence-corrected chi connectivity index (χ0v) is 6.14. The van der Waals surface area contributed by atoms with Crippen LogP contribution in [0.15, 0.2) is 29.4 Å². The largest absolute Gasteiger partial charge is 0.443 e. The topological polar surface area (TPSA) is 77.8 Å². The predicted octanol–water partition coefficient (Wildman–Crippen LogP) is 0.714. The average Bonchev–Trinajstić information content (AvgIpc) is 2.58. The Morgan fingerprint density at radius 1 is 1.17 bits per heavy atom. The molecule has 2 aromatic rings. The first-order valence-electron chi connectivity index (χ1n) is 3.32. The first-order valence-corrected chi connectivity index (χ1v) is 3.32. The monoisotopic (exact) mass is 162 g/mol. The highest BCUT2D eigenvalue weighted by Crippen LogP contribution is 2.15. The van der Waals surface area contributed by atoms with Crippen molar-refractivity contribution in [3.05, 3.63) is 25.0 Å². The molecular formula is C7H6N4O. The molecule has 0 saturated carbocycles. The summed E-state index contributed by atoms with van der Waals surface area (Å²) in [5.74, 6) is 0.883. The number of nitrogens with two attached hydrogens (primary N) is 1. The van der Waals surface area contributed by atoms with Gasteiger partial charge in [-0.05, 0) is 0 Å². The van der Waals surface area contributed by atoms with E-state index in [1.807, 2.05) is 0 Å². The third-order valence-electron chi connectivity index (χ3n) is 1.39. The minimum Gasteiger partial charge on any atom is -0.443 e. The molecule has 0 aliphatic carbocycles. The van der Waals surface area contributed by atoms with Crippen LogP contribution in [0.1, 0.15) is 0 Å². The molecule has 2 N–H and O–H groups in total. The number of nitrogens with zero attached hydrogens (tertiary/aromatic N) is 3. The van der Waals surface area contributed by atoms with E-state index in [1.165, 1.54) is 6.39 Å². The summed E-state index contributed by atoms with van der Waals surface area (Å²) in [7, 11) is 0. The highest BCUT2D eigenvalue weighted by molar-refractivity contribution is 5.53. The van der Waals surface area contributed by atoms with Gasteiger partial charge in [-0.3, -0.25) is 0 Å². The standard InChI is InChI=1S/C7H6N4O/c8-7-10-1-5(2-11-7)6-3-9-4-12-6/h1-4H,(H2,8,10,11). The molecule has 0 unspecified atom stereocenters. The normalized spacial score (nSPS) is 10.0. The van der Waals surface area contributed by atoms with Crippen molar-refractivity contribution in [3.63, 3.8) is 0 Å². The van der Waals surface area contributed by atoms with Crippen LogP contribution in [0.5, 0.6) is 0 Å². The van der Waals surface area contributed by atoms with Crippen molar-refractivity contribution in [2.24, 2.45) is 0 Å². The van der Waals surface area contributed by atoms with Crippen LogP contribution in [0.25, 0.3) is 11.3 Å². The Balaban J connectivity index is 2.43. The maximum atomic E-state index is 5.31. The summed E-state index contributed by atoms with van der Waals surface area (Å²) in [6.45, 7) is 0. The lowest BCUT2D eigenvalue weighted by Gasteiger charge is -1.93. The Labute approximate surface area is 68.3 Å². The maximum absolute atomic E-state index is 5.31. The molecular weight excluding hydrogens is 156 g/mol. The van der Waals surface area contributed by atoms with Crippen LogP contribution in [0.4, 0.5) is 5.95 Å². The summed E-state index contributed by atoms with van der Waals surface area (Å²) >= 11 is 0. The van der Waals surface area contributed by atoms with E-state index in [2.05, 4.69) is 15.0 Å². The second kappa shape index (κ2) is 2.61. The number of aromatic nitrogens is 3. The fourth-order valence-electron chi connectivity index (χ4n) is 0.824. The van der Waals surface area contributed by atoms with Crippen LogP contribution >= 0.6 is 0 Å². The molecule has 0 aromatic carbocycles. The van der Waals surface area contributed by atoms with Crippen molar-refractivity contribution in [3.8, 4) is 11.3 Å². The molecule has 0 atom stereocenters. The van der Waals surface area contributed by atoms with Gasteiger partial charge in [-0.1, -0.05) is 0 Å². The Bertz CT molecular complexity index is 353. The van der Waals surface area contributed by atoms with Gasteiger partial charge in [0.25, 0.3) is 0 Å². The summed E-state index contributed by atoms with van der Waals surface area (Å²) in [5.41, 5.74) is 6.08. The molecule has 0 bridgehead atoms. The SMILES string of the molecule is Nc1ncc(-c2cnco2)cn1. The molecule has 2 heterocycles. The minimum atomic E-state index is 0.248. The molecule has 2 aromatic heterocycles. The molecule has 0 fully saturated rings. The molecule has 0 aliphatic rings. The summed E-state index contributed by atoms with van der Waals surface area (Å²) in [6, 6.07) is 0. The van der Waals surface area contributed by atoms with Crippen LogP contribution in [0.2, 0.25) is 0 Å². The van der Waals surface area contributed by atoms with Gasteiger partial charge in [0, 0.05) is 12.4 Å². The van der Waals surface area contributed by atoms with E-state index in [1.54, 1.807) is 18.6 Å². The molecule has 60 valence electrons. The van der Waals surface area contributed by atoms with E-state index in [0.717, 1.165) is 5.56 Å². The zero-order valence-electron chi connectivity index (χ0n) is 6.14. The molecule has 0 amide bonds. The predicted molar refractivity (Wildman–Crippen MR) is 41.9 cm³/mol. The molecule has 0 spiro atoms. The summed E-state index contributed by atoms with van der Waals surface area (Å²) < 4.78 is 5.03. The highest BCUT2D eigenvalue weighted by Gasteiger charge is 2.00. The van der Waals surface area contributed by atoms with Gasteiger partial charge in [0.1, 0.15) is 0 Å². The average molecular weight is 162 g/mol. The van der Waals surface area contributed by atoms with Crippen molar-refractivity contribution in [2.75, 3.05) is 5.73 Å². The van der Waals surface area contributed by atoms with Crippen LogP contribution in [-0.4, -0.2) is 15.0 Å². The lowest BCUT2D eigenvalue weighted by molar-refractivity contribution is 0.571. The summed E-state index contributed by atoms with van der Waals surface area (Å²) in [6.07, 6.45) is 6.12. The number of oxazole rings is 1. The Morgan fingerprint density at radius 3 is 2.50 bits per heavy atom. The van der Waals surface area contributed by atoms with Crippen LogP contribution in [-0.2, 0) is 0 Å². The van der Waals surface area contributed by atoms with Crippen molar-refractivity contribution in [2.45, 2.75) is 0 Å². The quantitative estimate of drug-likeness (QED) is 0.668. The Kier molecular flexibility index (Phi) is 1.48. The van der Waals surface area contributed by atoms with E-state index in [4.69, 9.17) is 10.2 Å². The third kappa shape index (κ3) is 1.12. The molecule has 12 heavy (non-hydrogen) atoms. The van der Waals surface area contributed by atoms with Gasteiger partial charge in [-0.25, -0.2) is 15.0 Å². The van der Waals surface area contributed by atoms with Crippen molar-refractivity contribution in [1.29, 1.82) is 0 Å². The smallest absolute Gasteiger partial charge is 0.219 e. The fraction of sp³-hybridized carbons (Fsp3) is 0. The first kappa shape index (κ1) is 6.78. The highest BCUT2D eigenvalue weighted by atomic mass is 16.3. The van der Waals surface area contributed by atoms with Crippen molar-refractivity contribution >= 4 is 5.95 Å². The lowest BCUT2D eigenvalue weighted by atomic mass is 10.3. The van der Waals surface area contributed by atoms with E-state index in [9.17, 15) is 0 Å². The van der Waals surface area contributed by atoms with Crippen molar-refractivity contribution in [1.82, 2.24) is 15.0 Å². The number of nitrogen functional groups attached to an aromatic ring is 1. The second-order valence-corrected chi connectivity index (χ2v) is 2.20. The maximum Gasteiger partial charge on any atom is 0.219 e. The second-order valence-electron chi connectivity index (χ2n) is 2.20. The molecule has 5 nitrogen and oxygen atoms in total. The van der Waals surface area contributed by atoms with Gasteiger partial charge in [0.05, 0.1) is 11.8 Å². The molecule has 5 heteroatoms. The molecule has 0 radical (unpaired) electrons. The number of rotatable bonds is 1. The van der Waals surface area contributed by atoms with E-state index in [0.29, 0.717) is 5.76 Å². The molecule has 0 saturated heterocycles.